The van der Waals surface area contributed by atoms with Crippen molar-refractivity contribution in [2.24, 2.45) is 5.92 Å². The van der Waals surface area contributed by atoms with Gasteiger partial charge in [-0.3, -0.25) is 19.4 Å². The van der Waals surface area contributed by atoms with Gasteiger partial charge < -0.3 is 10.2 Å². The lowest BCUT2D eigenvalue weighted by molar-refractivity contribution is -0.135. The van der Waals surface area contributed by atoms with Crippen LogP contribution in [-0.2, 0) is 9.59 Å². The van der Waals surface area contributed by atoms with Gasteiger partial charge in [-0.15, -0.1) is 0 Å². The van der Waals surface area contributed by atoms with Crippen LogP contribution in [0.4, 0.5) is 0 Å². The molecule has 0 aromatic heterocycles. The summed E-state index contributed by atoms with van der Waals surface area (Å²) in [5, 5.41) is 3.03. The third-order valence-corrected chi connectivity index (χ3v) is 6.43. The number of hydrogen-bond acceptors (Lipinski definition) is 4. The highest BCUT2D eigenvalue weighted by atomic mass is 16.2. The first-order valence-corrected chi connectivity index (χ1v) is 9.92. The number of carbonyl (C=O) groups is 2. The molecule has 3 heterocycles. The molecule has 6 nitrogen and oxygen atoms in total. The van der Waals surface area contributed by atoms with E-state index in [4.69, 9.17) is 0 Å². The van der Waals surface area contributed by atoms with Crippen molar-refractivity contribution in [1.29, 1.82) is 0 Å². The van der Waals surface area contributed by atoms with E-state index in [-0.39, 0.29) is 17.9 Å². The average Bonchev–Trinajstić information content (AvgIpc) is 3.17. The van der Waals surface area contributed by atoms with Crippen LogP contribution >= 0.6 is 0 Å². The van der Waals surface area contributed by atoms with Gasteiger partial charge in [-0.1, -0.05) is 18.9 Å². The molecule has 2 amide bonds. The Morgan fingerprint density at radius 1 is 1.08 bits per heavy atom. The zero-order chi connectivity index (χ0) is 17.2. The maximum Gasteiger partial charge on any atom is 0.243 e. The molecule has 2 atom stereocenters. The van der Waals surface area contributed by atoms with Gasteiger partial charge in [0.2, 0.25) is 11.8 Å². The highest BCUT2D eigenvalue weighted by Gasteiger charge is 2.33. The van der Waals surface area contributed by atoms with Crippen molar-refractivity contribution in [3.05, 3.63) is 12.2 Å². The predicted molar refractivity (Wildman–Crippen MR) is 96.0 cm³/mol. The number of nitrogens with zero attached hydrogens (tertiary/aromatic N) is 3. The number of likely N-dealkylation sites (tertiary alicyclic amines) is 1. The van der Waals surface area contributed by atoms with Gasteiger partial charge in [0.25, 0.3) is 0 Å². The van der Waals surface area contributed by atoms with Gasteiger partial charge in [0.1, 0.15) is 0 Å². The van der Waals surface area contributed by atoms with E-state index in [2.05, 4.69) is 20.0 Å². The fourth-order valence-electron chi connectivity index (χ4n) is 4.91. The van der Waals surface area contributed by atoms with Gasteiger partial charge >= 0.3 is 0 Å². The first-order chi connectivity index (χ1) is 12.2. The molecule has 2 unspecified atom stereocenters. The van der Waals surface area contributed by atoms with Crippen LogP contribution < -0.4 is 5.32 Å². The molecule has 0 spiro atoms. The van der Waals surface area contributed by atoms with Crippen LogP contribution in [-0.4, -0.2) is 84.4 Å². The minimum Gasteiger partial charge on any atom is -0.349 e. The van der Waals surface area contributed by atoms with Crippen molar-refractivity contribution in [3.63, 3.8) is 0 Å². The van der Waals surface area contributed by atoms with E-state index < -0.39 is 0 Å². The lowest BCUT2D eigenvalue weighted by Crippen LogP contribution is -2.56. The van der Waals surface area contributed by atoms with Crippen LogP contribution in [0.1, 0.15) is 32.1 Å². The number of rotatable bonds is 3. The molecule has 3 fully saturated rings. The fourth-order valence-corrected chi connectivity index (χ4v) is 4.91. The summed E-state index contributed by atoms with van der Waals surface area (Å²) < 4.78 is 0. The third-order valence-electron chi connectivity index (χ3n) is 6.43. The largest absolute Gasteiger partial charge is 0.349 e. The summed E-state index contributed by atoms with van der Waals surface area (Å²) in [6.07, 6.45) is 10.0. The second-order valence-electron chi connectivity index (χ2n) is 8.02. The fraction of sp³-hybridized carbons (Fsp3) is 0.789. The summed E-state index contributed by atoms with van der Waals surface area (Å²) in [5.41, 5.74) is 0. The molecule has 4 rings (SSSR count). The van der Waals surface area contributed by atoms with E-state index in [1.807, 2.05) is 6.08 Å². The highest BCUT2D eigenvalue weighted by Crippen LogP contribution is 2.25. The second-order valence-corrected chi connectivity index (χ2v) is 8.02. The molecule has 1 aliphatic carbocycles. The second kappa shape index (κ2) is 7.46. The van der Waals surface area contributed by atoms with Crippen molar-refractivity contribution >= 4 is 11.8 Å². The topological polar surface area (TPSA) is 55.9 Å². The van der Waals surface area contributed by atoms with Crippen LogP contribution in [0.3, 0.4) is 0 Å². The standard InChI is InChI=1S/C19H30N4O2/c24-18-6-5-15-13-21(8-7-17(15)20-18)14-19(25)23-11-9-22(10-12-23)16-3-1-2-4-16/h5-6,15-17H,1-4,7-14H2,(H,20,24). The summed E-state index contributed by atoms with van der Waals surface area (Å²) >= 11 is 0. The Labute approximate surface area is 150 Å². The van der Waals surface area contributed by atoms with Crippen LogP contribution in [0, 0.1) is 5.92 Å². The Morgan fingerprint density at radius 2 is 1.84 bits per heavy atom. The molecule has 138 valence electrons. The molecule has 2 saturated heterocycles. The van der Waals surface area contributed by atoms with Crippen molar-refractivity contribution in [1.82, 2.24) is 20.0 Å². The number of amides is 2. The van der Waals surface area contributed by atoms with Gasteiger partial charge in [0.15, 0.2) is 0 Å². The van der Waals surface area contributed by atoms with Gasteiger partial charge in [0, 0.05) is 57.3 Å². The molecule has 3 aliphatic heterocycles. The average molecular weight is 346 g/mol. The molecule has 6 heteroatoms. The molecule has 0 bridgehead atoms. The quantitative estimate of drug-likeness (QED) is 0.806. The van der Waals surface area contributed by atoms with E-state index in [0.29, 0.717) is 12.5 Å². The number of fused-ring (bicyclic) bond motifs is 1. The minimum atomic E-state index is 0.0194. The van der Waals surface area contributed by atoms with E-state index in [1.54, 1.807) is 6.08 Å². The normalized spacial score (nSPS) is 31.8. The Bertz CT molecular complexity index is 536. The van der Waals surface area contributed by atoms with Crippen molar-refractivity contribution < 1.29 is 9.59 Å². The maximum absolute atomic E-state index is 12.7. The third kappa shape index (κ3) is 3.90. The van der Waals surface area contributed by atoms with Crippen LogP contribution in [0.5, 0.6) is 0 Å². The van der Waals surface area contributed by atoms with Crippen LogP contribution in [0.2, 0.25) is 0 Å². The Kier molecular flexibility index (Phi) is 5.08. The lowest BCUT2D eigenvalue weighted by atomic mass is 9.89. The minimum absolute atomic E-state index is 0.0194. The summed E-state index contributed by atoms with van der Waals surface area (Å²) in [6, 6.07) is 1.02. The Hall–Kier alpha value is -1.40. The van der Waals surface area contributed by atoms with Crippen molar-refractivity contribution in [2.45, 2.75) is 44.2 Å². The van der Waals surface area contributed by atoms with E-state index >= 15 is 0 Å². The summed E-state index contributed by atoms with van der Waals surface area (Å²) in [4.78, 5) is 31.0. The molecule has 0 aromatic rings. The number of piperidine rings is 1. The number of carbonyl (C=O) groups excluding carboxylic acids is 2. The van der Waals surface area contributed by atoms with Gasteiger partial charge in [0.05, 0.1) is 6.54 Å². The molecule has 0 radical (unpaired) electrons. The Balaban J connectivity index is 1.24. The molecular weight excluding hydrogens is 316 g/mol. The van der Waals surface area contributed by atoms with Gasteiger partial charge in [-0.25, -0.2) is 0 Å². The first-order valence-electron chi connectivity index (χ1n) is 9.92. The van der Waals surface area contributed by atoms with Crippen molar-refractivity contribution in [3.8, 4) is 0 Å². The number of piperazine rings is 1. The summed E-state index contributed by atoms with van der Waals surface area (Å²) in [7, 11) is 0. The van der Waals surface area contributed by atoms with Crippen LogP contribution in [0.15, 0.2) is 12.2 Å². The lowest BCUT2D eigenvalue weighted by Gasteiger charge is -2.41. The highest BCUT2D eigenvalue weighted by molar-refractivity contribution is 5.88. The summed E-state index contributed by atoms with van der Waals surface area (Å²) in [5.74, 6) is 0.637. The summed E-state index contributed by atoms with van der Waals surface area (Å²) in [6.45, 7) is 6.12. The first kappa shape index (κ1) is 17.0. The smallest absolute Gasteiger partial charge is 0.243 e. The number of nitrogens with one attached hydrogen (secondary N) is 1. The predicted octanol–water partition coefficient (Wildman–Crippen LogP) is 0.450. The zero-order valence-electron chi connectivity index (χ0n) is 15.0. The molecular formula is C19H30N4O2. The molecule has 4 aliphatic rings. The Morgan fingerprint density at radius 3 is 2.60 bits per heavy atom. The van der Waals surface area contributed by atoms with E-state index in [9.17, 15) is 9.59 Å². The zero-order valence-corrected chi connectivity index (χ0v) is 15.0. The van der Waals surface area contributed by atoms with E-state index in [0.717, 1.165) is 51.7 Å². The van der Waals surface area contributed by atoms with Gasteiger partial charge in [-0.05, 0) is 25.3 Å². The molecule has 0 aromatic carbocycles. The van der Waals surface area contributed by atoms with Crippen LogP contribution in [0.25, 0.3) is 0 Å². The molecule has 25 heavy (non-hydrogen) atoms. The molecule has 1 saturated carbocycles. The molecule has 1 N–H and O–H groups in total. The SMILES string of the molecule is O=C1C=CC2CN(CC(=O)N3CCN(C4CCCC4)CC3)CCC2N1. The van der Waals surface area contributed by atoms with Crippen molar-refractivity contribution in [2.75, 3.05) is 45.8 Å². The maximum atomic E-state index is 12.7. The van der Waals surface area contributed by atoms with Gasteiger partial charge in [-0.2, -0.15) is 0 Å². The van der Waals surface area contributed by atoms with E-state index in [1.165, 1.54) is 25.7 Å². The monoisotopic (exact) mass is 346 g/mol. The number of hydrogen-bond donors (Lipinski definition) is 1.